The summed E-state index contributed by atoms with van der Waals surface area (Å²) in [5.74, 6) is -0.690. The summed E-state index contributed by atoms with van der Waals surface area (Å²) in [7, 11) is 3.95. The molecule has 1 fully saturated rings. The molecule has 2 aromatic carbocycles. The highest BCUT2D eigenvalue weighted by Gasteiger charge is 2.46. The number of hydrogen-bond donors (Lipinski definition) is 1. The van der Waals surface area contributed by atoms with Crippen LogP contribution >= 0.6 is 11.3 Å². The summed E-state index contributed by atoms with van der Waals surface area (Å²) in [5.41, 5.74) is 2.48. The van der Waals surface area contributed by atoms with Crippen LogP contribution in [-0.2, 0) is 16.2 Å². The van der Waals surface area contributed by atoms with E-state index in [9.17, 15) is 14.7 Å². The third-order valence-electron chi connectivity index (χ3n) is 6.06. The van der Waals surface area contributed by atoms with E-state index in [0.717, 1.165) is 29.0 Å². The van der Waals surface area contributed by atoms with Crippen LogP contribution in [0.25, 0.3) is 5.76 Å². The second-order valence-corrected chi connectivity index (χ2v) is 9.90. The standard InChI is InChI=1S/C28H30N2O4S/c1-19-17-21(34-18-20-9-5-4-6-10-20)12-13-22(19)26(31)24-25(23-11-7-16-35-23)30(28(33)27(24)32)15-8-14-29(2)3/h4-7,9-13,16-17,25,31H,8,14-15,18H2,1-3H3. The zero-order valence-corrected chi connectivity index (χ0v) is 21.0. The fraction of sp³-hybridized carbons (Fsp3) is 0.286. The Morgan fingerprint density at radius 2 is 1.86 bits per heavy atom. The summed E-state index contributed by atoms with van der Waals surface area (Å²) in [6, 6.07) is 18.4. The van der Waals surface area contributed by atoms with Gasteiger partial charge in [-0.1, -0.05) is 36.4 Å². The molecule has 1 aromatic heterocycles. The third-order valence-corrected chi connectivity index (χ3v) is 6.98. The lowest BCUT2D eigenvalue weighted by Gasteiger charge is -2.24. The number of likely N-dealkylation sites (tertiary alicyclic amines) is 1. The molecule has 1 atom stereocenters. The predicted molar refractivity (Wildman–Crippen MR) is 138 cm³/mol. The van der Waals surface area contributed by atoms with Gasteiger partial charge in [0.15, 0.2) is 0 Å². The molecule has 0 spiro atoms. The maximum absolute atomic E-state index is 13.1. The van der Waals surface area contributed by atoms with Gasteiger partial charge in [-0.2, -0.15) is 0 Å². The van der Waals surface area contributed by atoms with Crippen LogP contribution in [0.1, 0.15) is 34.0 Å². The maximum Gasteiger partial charge on any atom is 0.295 e. The third kappa shape index (κ3) is 5.47. The molecule has 1 saturated heterocycles. The number of aliphatic hydroxyl groups is 1. The minimum Gasteiger partial charge on any atom is -0.507 e. The summed E-state index contributed by atoms with van der Waals surface area (Å²) < 4.78 is 5.90. The number of aliphatic hydroxyl groups excluding tert-OH is 1. The van der Waals surface area contributed by atoms with Crippen molar-refractivity contribution in [3.05, 3.63) is 93.2 Å². The van der Waals surface area contributed by atoms with Gasteiger partial charge >= 0.3 is 0 Å². The van der Waals surface area contributed by atoms with Gasteiger partial charge in [-0.3, -0.25) is 9.59 Å². The molecule has 182 valence electrons. The Kier molecular flexibility index (Phi) is 7.68. The van der Waals surface area contributed by atoms with E-state index in [1.165, 1.54) is 11.3 Å². The lowest BCUT2D eigenvalue weighted by atomic mass is 9.97. The van der Waals surface area contributed by atoms with Gasteiger partial charge in [0.1, 0.15) is 18.1 Å². The van der Waals surface area contributed by atoms with E-state index in [1.807, 2.05) is 79.8 Å². The van der Waals surface area contributed by atoms with Crippen LogP contribution in [0.4, 0.5) is 0 Å². The quantitative estimate of drug-likeness (QED) is 0.259. The smallest absolute Gasteiger partial charge is 0.295 e. The molecule has 7 heteroatoms. The van der Waals surface area contributed by atoms with E-state index >= 15 is 0 Å². The summed E-state index contributed by atoms with van der Waals surface area (Å²) in [5, 5.41) is 13.2. The average Bonchev–Trinajstić information content (AvgIpc) is 3.45. The van der Waals surface area contributed by atoms with Crippen LogP contribution in [0.2, 0.25) is 0 Å². The molecule has 35 heavy (non-hydrogen) atoms. The number of Topliss-reactive ketones (excluding diaryl/α,β-unsaturated/α-hetero) is 1. The molecular weight excluding hydrogens is 460 g/mol. The van der Waals surface area contributed by atoms with Gasteiger partial charge in [-0.15, -0.1) is 11.3 Å². The number of rotatable bonds is 9. The van der Waals surface area contributed by atoms with Gasteiger partial charge in [0.05, 0.1) is 11.6 Å². The molecule has 6 nitrogen and oxygen atoms in total. The lowest BCUT2D eigenvalue weighted by Crippen LogP contribution is -2.32. The average molecular weight is 491 g/mol. The van der Waals surface area contributed by atoms with Crippen molar-refractivity contribution in [1.29, 1.82) is 0 Å². The van der Waals surface area contributed by atoms with Crippen LogP contribution in [0.3, 0.4) is 0 Å². The largest absolute Gasteiger partial charge is 0.507 e. The highest BCUT2D eigenvalue weighted by Crippen LogP contribution is 2.41. The Morgan fingerprint density at radius 1 is 1.09 bits per heavy atom. The molecule has 2 heterocycles. The first-order valence-electron chi connectivity index (χ1n) is 11.6. The van der Waals surface area contributed by atoms with Crippen LogP contribution in [-0.4, -0.2) is 53.8 Å². The van der Waals surface area contributed by atoms with E-state index < -0.39 is 17.7 Å². The Bertz CT molecular complexity index is 1220. The zero-order chi connectivity index (χ0) is 24.9. The van der Waals surface area contributed by atoms with Crippen LogP contribution < -0.4 is 4.74 Å². The summed E-state index contributed by atoms with van der Waals surface area (Å²) in [6.45, 7) is 3.52. The van der Waals surface area contributed by atoms with E-state index in [0.29, 0.717) is 24.5 Å². The molecule has 0 aliphatic carbocycles. The normalized spacial score (nSPS) is 17.4. The van der Waals surface area contributed by atoms with Crippen LogP contribution in [0, 0.1) is 6.92 Å². The minimum absolute atomic E-state index is 0.142. The predicted octanol–water partition coefficient (Wildman–Crippen LogP) is 5.01. The number of ether oxygens (including phenoxy) is 1. The Balaban J connectivity index is 1.64. The molecule has 1 unspecified atom stereocenters. The van der Waals surface area contributed by atoms with Crippen LogP contribution in [0.15, 0.2) is 71.6 Å². The van der Waals surface area contributed by atoms with Crippen LogP contribution in [0.5, 0.6) is 5.75 Å². The summed E-state index contributed by atoms with van der Waals surface area (Å²) in [6.07, 6.45) is 0.731. The highest BCUT2D eigenvalue weighted by atomic mass is 32.1. The number of benzene rings is 2. The molecule has 1 aliphatic rings. The molecule has 0 saturated carbocycles. The molecule has 3 aromatic rings. The monoisotopic (exact) mass is 490 g/mol. The molecule has 4 rings (SSSR count). The second kappa shape index (κ2) is 10.9. The van der Waals surface area contributed by atoms with Crippen molar-refractivity contribution >= 4 is 28.8 Å². The van der Waals surface area contributed by atoms with Crippen molar-refractivity contribution in [1.82, 2.24) is 9.80 Å². The number of carbonyl (C=O) groups excluding carboxylic acids is 2. The van der Waals surface area contributed by atoms with E-state index in [2.05, 4.69) is 0 Å². The second-order valence-electron chi connectivity index (χ2n) is 8.92. The summed E-state index contributed by atoms with van der Waals surface area (Å²) >= 11 is 1.47. The Labute approximate surface area is 210 Å². The van der Waals surface area contributed by atoms with Crippen molar-refractivity contribution in [2.24, 2.45) is 0 Å². The summed E-state index contributed by atoms with van der Waals surface area (Å²) in [4.78, 5) is 30.6. The SMILES string of the molecule is Cc1cc(OCc2ccccc2)ccc1C(O)=C1C(=O)C(=O)N(CCCN(C)C)C1c1cccs1. The fourth-order valence-electron chi connectivity index (χ4n) is 4.29. The topological polar surface area (TPSA) is 70.1 Å². The van der Waals surface area contributed by atoms with E-state index in [4.69, 9.17) is 4.74 Å². The van der Waals surface area contributed by atoms with Gasteiger partial charge < -0.3 is 19.6 Å². The van der Waals surface area contributed by atoms with Gasteiger partial charge in [0, 0.05) is 17.0 Å². The highest BCUT2D eigenvalue weighted by molar-refractivity contribution is 7.10. The van der Waals surface area contributed by atoms with Gasteiger partial charge in [-0.05, 0) is 74.8 Å². The fourth-order valence-corrected chi connectivity index (χ4v) is 5.13. The van der Waals surface area contributed by atoms with Crippen molar-refractivity contribution in [3.8, 4) is 5.75 Å². The first kappa shape index (κ1) is 24.7. The number of ketones is 1. The molecule has 1 N–H and O–H groups in total. The molecule has 0 radical (unpaired) electrons. The van der Waals surface area contributed by atoms with Gasteiger partial charge in [0.2, 0.25) is 0 Å². The first-order valence-corrected chi connectivity index (χ1v) is 12.5. The molecule has 1 aliphatic heterocycles. The zero-order valence-electron chi connectivity index (χ0n) is 20.2. The lowest BCUT2D eigenvalue weighted by molar-refractivity contribution is -0.139. The van der Waals surface area contributed by atoms with Crippen molar-refractivity contribution < 1.29 is 19.4 Å². The molecular formula is C28H30N2O4S. The minimum atomic E-state index is -0.644. The molecule has 1 amide bonds. The Morgan fingerprint density at radius 3 is 2.51 bits per heavy atom. The number of carbonyl (C=O) groups is 2. The first-order chi connectivity index (χ1) is 16.9. The van der Waals surface area contributed by atoms with Gasteiger partial charge in [-0.25, -0.2) is 0 Å². The number of nitrogens with zero attached hydrogens (tertiary/aromatic N) is 2. The van der Waals surface area contributed by atoms with Crippen molar-refractivity contribution in [2.45, 2.75) is 26.0 Å². The number of aryl methyl sites for hydroxylation is 1. The number of hydrogen-bond acceptors (Lipinski definition) is 6. The van der Waals surface area contributed by atoms with E-state index in [1.54, 1.807) is 17.0 Å². The van der Waals surface area contributed by atoms with Gasteiger partial charge in [0.25, 0.3) is 11.7 Å². The number of thiophene rings is 1. The molecule has 0 bridgehead atoms. The van der Waals surface area contributed by atoms with Crippen molar-refractivity contribution in [2.75, 3.05) is 27.2 Å². The van der Waals surface area contributed by atoms with Crippen molar-refractivity contribution in [3.63, 3.8) is 0 Å². The van der Waals surface area contributed by atoms with E-state index in [-0.39, 0.29) is 11.3 Å². The Hall–Kier alpha value is -3.42. The number of amides is 1. The maximum atomic E-state index is 13.1.